The third-order valence-electron chi connectivity index (χ3n) is 2.12. The molecule has 0 aliphatic heterocycles. The normalized spacial score (nSPS) is 11.8. The molecule has 0 radical (unpaired) electrons. The molecule has 1 aromatic carbocycles. The predicted molar refractivity (Wildman–Crippen MR) is 69.8 cm³/mol. The van der Waals surface area contributed by atoms with Crippen molar-refractivity contribution in [3.05, 3.63) is 66.3 Å². The highest BCUT2D eigenvalue weighted by Crippen LogP contribution is 2.12. The van der Waals surface area contributed by atoms with E-state index in [2.05, 4.69) is 13.5 Å². The Kier molecular flexibility index (Phi) is 5.13. The zero-order chi connectivity index (χ0) is 11.8. The van der Waals surface area contributed by atoms with Crippen LogP contribution in [0.2, 0.25) is 0 Å². The highest BCUT2D eigenvalue weighted by Gasteiger charge is 1.93. The fraction of sp³-hybridized carbons (Fsp3) is 0.200. The van der Waals surface area contributed by atoms with Crippen LogP contribution in [0.1, 0.15) is 12.5 Å². The van der Waals surface area contributed by atoms with Gasteiger partial charge in [-0.3, -0.25) is 0 Å². The van der Waals surface area contributed by atoms with Crippen LogP contribution in [0.3, 0.4) is 0 Å². The Labute approximate surface area is 97.8 Å². The molecule has 0 amide bonds. The number of rotatable bonds is 5. The van der Waals surface area contributed by atoms with E-state index in [1.165, 1.54) is 11.1 Å². The molecule has 0 saturated carbocycles. The van der Waals surface area contributed by atoms with E-state index in [4.69, 9.17) is 4.74 Å². The molecular weight excluding hydrogens is 196 g/mol. The molecular formula is C15H18O. The van der Waals surface area contributed by atoms with Gasteiger partial charge in [-0.05, 0) is 31.6 Å². The first-order valence-corrected chi connectivity index (χ1v) is 5.36. The second kappa shape index (κ2) is 6.67. The molecule has 0 heterocycles. The molecule has 0 bridgehead atoms. The zero-order valence-electron chi connectivity index (χ0n) is 9.94. The molecule has 1 nitrogen and oxygen atoms in total. The lowest BCUT2D eigenvalue weighted by Crippen LogP contribution is -1.98. The molecule has 0 saturated heterocycles. The van der Waals surface area contributed by atoms with Crippen LogP contribution >= 0.6 is 0 Å². The minimum Gasteiger partial charge on any atom is -0.489 e. The SMILES string of the molecule is C=C/C=C\C=C(/C)COc1ccc(C)cc1. The van der Waals surface area contributed by atoms with Gasteiger partial charge < -0.3 is 4.74 Å². The second-order valence-corrected chi connectivity index (χ2v) is 3.74. The minimum atomic E-state index is 0.616. The van der Waals surface area contributed by atoms with Gasteiger partial charge in [-0.1, -0.05) is 48.6 Å². The van der Waals surface area contributed by atoms with Crippen LogP contribution in [0.4, 0.5) is 0 Å². The summed E-state index contributed by atoms with van der Waals surface area (Å²) in [6.45, 7) is 8.34. The fourth-order valence-corrected chi connectivity index (χ4v) is 1.18. The van der Waals surface area contributed by atoms with Crippen LogP contribution in [0.25, 0.3) is 0 Å². The van der Waals surface area contributed by atoms with Crippen LogP contribution in [-0.4, -0.2) is 6.61 Å². The summed E-state index contributed by atoms with van der Waals surface area (Å²) in [5.41, 5.74) is 2.42. The lowest BCUT2D eigenvalue weighted by atomic mass is 10.2. The Morgan fingerprint density at radius 3 is 2.56 bits per heavy atom. The van der Waals surface area contributed by atoms with Crippen molar-refractivity contribution in [1.82, 2.24) is 0 Å². The van der Waals surface area contributed by atoms with Gasteiger partial charge in [-0.15, -0.1) is 0 Å². The van der Waals surface area contributed by atoms with Gasteiger partial charge in [0.1, 0.15) is 12.4 Å². The molecule has 84 valence electrons. The molecule has 1 rings (SSSR count). The van der Waals surface area contributed by atoms with E-state index in [1.54, 1.807) is 6.08 Å². The quantitative estimate of drug-likeness (QED) is 0.671. The number of hydrogen-bond donors (Lipinski definition) is 0. The summed E-state index contributed by atoms with van der Waals surface area (Å²) in [4.78, 5) is 0. The van der Waals surface area contributed by atoms with E-state index in [0.717, 1.165) is 5.75 Å². The highest BCUT2D eigenvalue weighted by molar-refractivity contribution is 5.27. The monoisotopic (exact) mass is 214 g/mol. The summed E-state index contributed by atoms with van der Waals surface area (Å²) in [5, 5.41) is 0. The number of hydrogen-bond acceptors (Lipinski definition) is 1. The Morgan fingerprint density at radius 1 is 1.25 bits per heavy atom. The van der Waals surface area contributed by atoms with Crippen molar-refractivity contribution in [3.63, 3.8) is 0 Å². The summed E-state index contributed by atoms with van der Waals surface area (Å²) in [6.07, 6.45) is 7.64. The van der Waals surface area contributed by atoms with Crippen LogP contribution in [0.15, 0.2) is 60.7 Å². The molecule has 0 N–H and O–H groups in total. The third kappa shape index (κ3) is 4.65. The van der Waals surface area contributed by atoms with E-state index in [0.29, 0.717) is 6.61 Å². The van der Waals surface area contributed by atoms with Gasteiger partial charge >= 0.3 is 0 Å². The molecule has 0 aliphatic rings. The first-order valence-electron chi connectivity index (χ1n) is 5.36. The number of ether oxygens (including phenoxy) is 1. The molecule has 0 aromatic heterocycles. The minimum absolute atomic E-state index is 0.616. The maximum Gasteiger partial charge on any atom is 0.119 e. The largest absolute Gasteiger partial charge is 0.489 e. The topological polar surface area (TPSA) is 9.23 Å². The summed E-state index contributed by atoms with van der Waals surface area (Å²) in [6, 6.07) is 8.07. The fourth-order valence-electron chi connectivity index (χ4n) is 1.18. The molecule has 0 spiro atoms. The predicted octanol–water partition coefficient (Wildman–Crippen LogP) is 4.06. The van der Waals surface area contributed by atoms with Gasteiger partial charge in [0, 0.05) is 0 Å². The Balaban J connectivity index is 2.45. The molecule has 0 aliphatic carbocycles. The Bertz CT molecular complexity index is 382. The van der Waals surface area contributed by atoms with Gasteiger partial charge in [0.15, 0.2) is 0 Å². The first-order chi connectivity index (χ1) is 7.72. The van der Waals surface area contributed by atoms with Crippen LogP contribution < -0.4 is 4.74 Å². The number of aryl methyl sites for hydroxylation is 1. The van der Waals surface area contributed by atoms with Crippen molar-refractivity contribution in [2.75, 3.05) is 6.61 Å². The van der Waals surface area contributed by atoms with Crippen molar-refractivity contribution < 1.29 is 4.74 Å². The average molecular weight is 214 g/mol. The maximum atomic E-state index is 5.63. The van der Waals surface area contributed by atoms with Crippen molar-refractivity contribution in [3.8, 4) is 5.75 Å². The van der Waals surface area contributed by atoms with E-state index in [1.807, 2.05) is 49.4 Å². The Morgan fingerprint density at radius 2 is 1.94 bits per heavy atom. The van der Waals surface area contributed by atoms with Gasteiger partial charge in [0.2, 0.25) is 0 Å². The van der Waals surface area contributed by atoms with E-state index >= 15 is 0 Å². The molecule has 1 aromatic rings. The van der Waals surface area contributed by atoms with E-state index in [9.17, 15) is 0 Å². The zero-order valence-corrected chi connectivity index (χ0v) is 9.94. The lowest BCUT2D eigenvalue weighted by molar-refractivity contribution is 0.352. The number of benzene rings is 1. The molecule has 0 atom stereocenters. The molecule has 0 unspecified atom stereocenters. The van der Waals surface area contributed by atoms with Gasteiger partial charge in [0.25, 0.3) is 0 Å². The summed E-state index contributed by atoms with van der Waals surface area (Å²) < 4.78 is 5.63. The first kappa shape index (κ1) is 12.3. The molecule has 0 fully saturated rings. The second-order valence-electron chi connectivity index (χ2n) is 3.74. The van der Waals surface area contributed by atoms with Crippen molar-refractivity contribution in [2.45, 2.75) is 13.8 Å². The molecule has 16 heavy (non-hydrogen) atoms. The molecule has 1 heteroatoms. The van der Waals surface area contributed by atoms with Crippen molar-refractivity contribution >= 4 is 0 Å². The highest BCUT2D eigenvalue weighted by atomic mass is 16.5. The van der Waals surface area contributed by atoms with Crippen molar-refractivity contribution in [2.24, 2.45) is 0 Å². The van der Waals surface area contributed by atoms with Crippen LogP contribution in [0.5, 0.6) is 5.75 Å². The van der Waals surface area contributed by atoms with Gasteiger partial charge in [-0.25, -0.2) is 0 Å². The van der Waals surface area contributed by atoms with Gasteiger partial charge in [0.05, 0.1) is 0 Å². The lowest BCUT2D eigenvalue weighted by Gasteiger charge is -2.05. The summed E-state index contributed by atoms with van der Waals surface area (Å²) in [7, 11) is 0. The Hall–Kier alpha value is -1.76. The maximum absolute atomic E-state index is 5.63. The third-order valence-corrected chi connectivity index (χ3v) is 2.12. The van der Waals surface area contributed by atoms with E-state index in [-0.39, 0.29) is 0 Å². The average Bonchev–Trinajstić information content (AvgIpc) is 2.29. The van der Waals surface area contributed by atoms with Crippen LogP contribution in [0, 0.1) is 6.92 Å². The number of allylic oxidation sites excluding steroid dienone is 4. The van der Waals surface area contributed by atoms with Crippen LogP contribution in [-0.2, 0) is 0 Å². The smallest absolute Gasteiger partial charge is 0.119 e. The summed E-state index contributed by atoms with van der Waals surface area (Å²) in [5.74, 6) is 0.908. The van der Waals surface area contributed by atoms with E-state index < -0.39 is 0 Å². The van der Waals surface area contributed by atoms with Gasteiger partial charge in [-0.2, -0.15) is 0 Å². The van der Waals surface area contributed by atoms with Crippen molar-refractivity contribution in [1.29, 1.82) is 0 Å². The standard InChI is InChI=1S/C15H18O/c1-4-5-6-7-14(3)12-16-15-10-8-13(2)9-11-15/h4-11H,1,12H2,2-3H3/b6-5-,14-7+. The summed E-state index contributed by atoms with van der Waals surface area (Å²) >= 11 is 0.